The lowest BCUT2D eigenvalue weighted by Gasteiger charge is -2.21. The van der Waals surface area contributed by atoms with Crippen LogP contribution < -0.4 is 0 Å². The number of hydrazone groups is 1. The highest BCUT2D eigenvalue weighted by Gasteiger charge is 2.36. The van der Waals surface area contributed by atoms with E-state index in [1.807, 2.05) is 61.5 Å². The molecule has 0 saturated carbocycles. The van der Waals surface area contributed by atoms with Crippen LogP contribution in [0.4, 0.5) is 0 Å². The summed E-state index contributed by atoms with van der Waals surface area (Å²) in [6.07, 6.45) is 0.539. The molecule has 38 heavy (non-hydrogen) atoms. The highest BCUT2D eigenvalue weighted by Crippen LogP contribution is 2.40. The molecule has 5 aromatic rings. The quantitative estimate of drug-likeness (QED) is 0.189. The van der Waals surface area contributed by atoms with Gasteiger partial charge in [-0.1, -0.05) is 74.3 Å². The second kappa shape index (κ2) is 10.2. The van der Waals surface area contributed by atoms with Gasteiger partial charge in [0.2, 0.25) is 0 Å². The van der Waals surface area contributed by atoms with Crippen molar-refractivity contribution in [3.8, 4) is 11.1 Å². The van der Waals surface area contributed by atoms with Crippen LogP contribution in [-0.2, 0) is 0 Å². The Bertz CT molecular complexity index is 1710. The minimum absolute atomic E-state index is 0.226. The number of amides is 1. The van der Waals surface area contributed by atoms with Gasteiger partial charge in [-0.15, -0.1) is 0 Å². The second-order valence-electron chi connectivity index (χ2n) is 9.05. The van der Waals surface area contributed by atoms with Crippen LogP contribution in [0.15, 0.2) is 108 Å². The van der Waals surface area contributed by atoms with E-state index in [0.717, 1.165) is 53.5 Å². The van der Waals surface area contributed by atoms with Crippen molar-refractivity contribution in [2.75, 3.05) is 0 Å². The molecule has 1 aliphatic heterocycles. The molecule has 2 aromatic heterocycles. The molecule has 0 fully saturated rings. The molecule has 5 nitrogen and oxygen atoms in total. The molecule has 0 saturated heterocycles. The maximum atomic E-state index is 13.7. The molecule has 0 unspecified atom stereocenters. The number of hydrogen-bond donors (Lipinski definition) is 0. The van der Waals surface area contributed by atoms with Crippen molar-refractivity contribution in [2.45, 2.75) is 19.4 Å². The number of aromatic nitrogens is 1. The van der Waals surface area contributed by atoms with Gasteiger partial charge in [-0.05, 0) is 76.4 Å². The third-order valence-electron chi connectivity index (χ3n) is 6.64. The second-order valence-corrected chi connectivity index (χ2v) is 11.7. The zero-order valence-corrected chi connectivity index (χ0v) is 24.9. The smallest absolute Gasteiger partial charge is 0.310 e. The molecule has 0 radical (unpaired) electrons. The molecule has 0 N–H and O–H groups in total. The summed E-state index contributed by atoms with van der Waals surface area (Å²) in [7, 11) is 0. The minimum Gasteiger partial charge on any atom is -0.444 e. The fourth-order valence-electron chi connectivity index (χ4n) is 4.95. The van der Waals surface area contributed by atoms with Crippen molar-refractivity contribution in [2.24, 2.45) is 5.10 Å². The largest absolute Gasteiger partial charge is 0.444 e. The predicted molar refractivity (Wildman–Crippen MR) is 160 cm³/mol. The molecular weight excluding hydrogens is 674 g/mol. The first-order valence-corrected chi connectivity index (χ1v) is 14.3. The number of benzene rings is 3. The maximum Gasteiger partial charge on any atom is 0.310 e. The molecule has 3 heterocycles. The summed E-state index contributed by atoms with van der Waals surface area (Å²) in [5, 5.41) is 7.53. The minimum atomic E-state index is -0.297. The third-order valence-corrected chi connectivity index (χ3v) is 8.08. The van der Waals surface area contributed by atoms with Crippen LogP contribution in [0.2, 0.25) is 0 Å². The lowest BCUT2D eigenvalue weighted by molar-refractivity contribution is 0.0677. The zero-order chi connectivity index (χ0) is 26.4. The summed E-state index contributed by atoms with van der Waals surface area (Å²) >= 11 is 10.5. The monoisotopic (exact) mass is 691 g/mol. The normalized spacial score (nSPS) is 15.2. The van der Waals surface area contributed by atoms with Crippen LogP contribution in [0.5, 0.6) is 0 Å². The molecular formula is C30H20Br3N3O2. The van der Waals surface area contributed by atoms with Crippen molar-refractivity contribution in [1.29, 1.82) is 0 Å². The number of furan rings is 1. The summed E-state index contributed by atoms with van der Waals surface area (Å²) in [6.45, 7) is 2.01. The number of carbonyl (C=O) groups is 1. The number of carbonyl (C=O) groups excluding carboxylic acids is 1. The number of hydrogen-bond acceptors (Lipinski definition) is 4. The van der Waals surface area contributed by atoms with Gasteiger partial charge in [0, 0.05) is 37.6 Å². The fraction of sp³-hybridized carbons (Fsp3) is 0.100. The Labute approximate surface area is 245 Å². The van der Waals surface area contributed by atoms with Crippen LogP contribution in [0.1, 0.15) is 39.8 Å². The van der Waals surface area contributed by atoms with Crippen LogP contribution in [0, 0.1) is 6.92 Å². The average molecular weight is 694 g/mol. The van der Waals surface area contributed by atoms with Gasteiger partial charge in [-0.25, -0.2) is 5.01 Å². The van der Waals surface area contributed by atoms with Crippen LogP contribution in [-0.4, -0.2) is 21.6 Å². The fourth-order valence-corrected chi connectivity index (χ4v) is 5.88. The Kier molecular flexibility index (Phi) is 6.80. The SMILES string of the molecule is Cc1nc2ccc(Br)cc2c(-c2ccccc2)c1C1=NN(C(=O)c2ccc(Br)o2)[C@H](c2ccc(Br)cc2)C1. The van der Waals surface area contributed by atoms with Gasteiger partial charge in [0.05, 0.1) is 17.3 Å². The number of halogens is 3. The third kappa shape index (κ3) is 4.65. The Morgan fingerprint density at radius 1 is 0.895 bits per heavy atom. The molecule has 0 spiro atoms. The highest BCUT2D eigenvalue weighted by molar-refractivity contribution is 9.11. The van der Waals surface area contributed by atoms with E-state index in [0.29, 0.717) is 11.1 Å². The van der Waals surface area contributed by atoms with E-state index in [4.69, 9.17) is 14.5 Å². The molecule has 188 valence electrons. The summed E-state index contributed by atoms with van der Waals surface area (Å²) in [4.78, 5) is 18.6. The highest BCUT2D eigenvalue weighted by atomic mass is 79.9. The van der Waals surface area contributed by atoms with Gasteiger partial charge in [0.1, 0.15) is 0 Å². The Morgan fingerprint density at radius 2 is 1.63 bits per heavy atom. The molecule has 0 bridgehead atoms. The van der Waals surface area contributed by atoms with Gasteiger partial charge in [-0.2, -0.15) is 5.10 Å². The average Bonchev–Trinajstić information content (AvgIpc) is 3.55. The van der Waals surface area contributed by atoms with E-state index in [-0.39, 0.29) is 17.7 Å². The molecule has 8 heteroatoms. The molecule has 1 atom stereocenters. The molecule has 6 rings (SSSR count). The van der Waals surface area contributed by atoms with Crippen molar-refractivity contribution in [1.82, 2.24) is 9.99 Å². The lowest BCUT2D eigenvalue weighted by atomic mass is 9.89. The number of fused-ring (bicyclic) bond motifs is 1. The summed E-state index contributed by atoms with van der Waals surface area (Å²) in [5.74, 6) is -0.0708. The molecule has 1 aliphatic rings. The topological polar surface area (TPSA) is 58.7 Å². The van der Waals surface area contributed by atoms with E-state index in [1.165, 1.54) is 0 Å². The van der Waals surface area contributed by atoms with E-state index in [1.54, 1.807) is 17.1 Å². The van der Waals surface area contributed by atoms with E-state index in [9.17, 15) is 4.79 Å². The van der Waals surface area contributed by atoms with Crippen molar-refractivity contribution in [3.63, 3.8) is 0 Å². The zero-order valence-electron chi connectivity index (χ0n) is 20.2. The Balaban J connectivity index is 1.56. The summed E-state index contributed by atoms with van der Waals surface area (Å²) < 4.78 is 8.06. The van der Waals surface area contributed by atoms with E-state index < -0.39 is 0 Å². The van der Waals surface area contributed by atoms with Crippen LogP contribution >= 0.6 is 47.8 Å². The van der Waals surface area contributed by atoms with E-state index >= 15 is 0 Å². The Morgan fingerprint density at radius 3 is 2.34 bits per heavy atom. The standard InChI is InChI=1S/C30H20Br3N3O2/c1-17-28(29(19-5-3-2-4-6-19)22-15-21(32)11-12-23(22)34-17)24-16-25(18-7-9-20(31)10-8-18)36(35-24)30(37)26-13-14-27(33)38-26/h2-15,25H,16H2,1H3/t25-/m0/s1. The number of nitrogens with zero attached hydrogens (tertiary/aromatic N) is 3. The van der Waals surface area contributed by atoms with Crippen molar-refractivity contribution >= 4 is 70.3 Å². The number of pyridine rings is 1. The molecule has 1 amide bonds. The number of aryl methyl sites for hydroxylation is 1. The van der Waals surface area contributed by atoms with Crippen LogP contribution in [0.25, 0.3) is 22.0 Å². The van der Waals surface area contributed by atoms with Crippen molar-refractivity contribution < 1.29 is 9.21 Å². The lowest BCUT2D eigenvalue weighted by Crippen LogP contribution is -2.26. The van der Waals surface area contributed by atoms with Gasteiger partial charge >= 0.3 is 5.91 Å². The van der Waals surface area contributed by atoms with Gasteiger partial charge < -0.3 is 4.42 Å². The predicted octanol–water partition coefficient (Wildman–Crippen LogP) is 9.08. The first kappa shape index (κ1) is 25.2. The maximum absolute atomic E-state index is 13.7. The summed E-state index contributed by atoms with van der Waals surface area (Å²) in [6, 6.07) is 27.5. The van der Waals surface area contributed by atoms with Crippen molar-refractivity contribution in [3.05, 3.63) is 121 Å². The van der Waals surface area contributed by atoms with Gasteiger partial charge in [0.15, 0.2) is 10.4 Å². The first-order valence-electron chi connectivity index (χ1n) is 12.0. The summed E-state index contributed by atoms with van der Waals surface area (Å²) in [5.41, 5.74) is 6.63. The molecule has 3 aromatic carbocycles. The van der Waals surface area contributed by atoms with E-state index in [2.05, 4.69) is 66.0 Å². The van der Waals surface area contributed by atoms with Crippen LogP contribution in [0.3, 0.4) is 0 Å². The first-order chi connectivity index (χ1) is 18.4. The Hall–Kier alpha value is -3.07. The molecule has 0 aliphatic carbocycles. The van der Waals surface area contributed by atoms with Gasteiger partial charge in [0.25, 0.3) is 0 Å². The number of rotatable bonds is 4. The van der Waals surface area contributed by atoms with Gasteiger partial charge in [-0.3, -0.25) is 9.78 Å².